The lowest BCUT2D eigenvalue weighted by atomic mass is 10.3. The molecule has 0 aliphatic carbocycles. The largest absolute Gasteiger partial charge is 0.369 e. The zero-order chi connectivity index (χ0) is 11.8. The van der Waals surface area contributed by atoms with Crippen LogP contribution in [0.2, 0.25) is 0 Å². The predicted octanol–water partition coefficient (Wildman–Crippen LogP) is 0.836. The van der Waals surface area contributed by atoms with Crippen LogP contribution < -0.4 is 10.2 Å². The average Bonchev–Trinajstić information content (AvgIpc) is 2.92. The Hall–Kier alpha value is -1.62. The molecule has 0 saturated carbocycles. The first-order valence-electron chi connectivity index (χ1n) is 6.01. The summed E-state index contributed by atoms with van der Waals surface area (Å²) >= 11 is 0. The molecule has 1 unspecified atom stereocenters. The maximum Gasteiger partial charge on any atom is 0.155 e. The molecule has 1 saturated heterocycles. The smallest absolute Gasteiger partial charge is 0.155 e. The number of pyridine rings is 1. The van der Waals surface area contributed by atoms with Gasteiger partial charge in [0, 0.05) is 19.1 Å². The lowest BCUT2D eigenvalue weighted by Crippen LogP contribution is -2.29. The number of rotatable bonds is 2. The van der Waals surface area contributed by atoms with Gasteiger partial charge in [-0.25, -0.2) is 9.50 Å². The number of aromatic nitrogens is 3. The van der Waals surface area contributed by atoms with E-state index in [0.717, 1.165) is 24.6 Å². The second kappa shape index (κ2) is 4.00. The average molecular weight is 231 g/mol. The van der Waals surface area contributed by atoms with Gasteiger partial charge in [-0.15, -0.1) is 0 Å². The van der Waals surface area contributed by atoms with E-state index < -0.39 is 0 Å². The van der Waals surface area contributed by atoms with E-state index >= 15 is 0 Å². The van der Waals surface area contributed by atoms with Crippen molar-refractivity contribution >= 4 is 11.3 Å². The summed E-state index contributed by atoms with van der Waals surface area (Å²) in [5.74, 6) is 0.816. The van der Waals surface area contributed by atoms with Crippen molar-refractivity contribution in [3.63, 3.8) is 0 Å². The fourth-order valence-corrected chi connectivity index (χ4v) is 2.40. The summed E-state index contributed by atoms with van der Waals surface area (Å²) in [5, 5.41) is 7.68. The number of likely N-dealkylation sites (N-methyl/N-ethyl adjacent to an activating group) is 1. The van der Waals surface area contributed by atoms with Crippen molar-refractivity contribution in [3.8, 4) is 0 Å². The van der Waals surface area contributed by atoms with Crippen LogP contribution in [0.3, 0.4) is 0 Å². The van der Waals surface area contributed by atoms with Crippen molar-refractivity contribution in [1.29, 1.82) is 0 Å². The van der Waals surface area contributed by atoms with Gasteiger partial charge in [-0.3, -0.25) is 0 Å². The van der Waals surface area contributed by atoms with Crippen molar-refractivity contribution in [2.45, 2.75) is 19.4 Å². The van der Waals surface area contributed by atoms with Gasteiger partial charge < -0.3 is 10.2 Å². The molecular formula is C12H17N5. The predicted molar refractivity (Wildman–Crippen MR) is 67.4 cm³/mol. The third kappa shape index (κ3) is 1.86. The highest BCUT2D eigenvalue weighted by molar-refractivity contribution is 5.52. The minimum absolute atomic E-state index is 0.600. The second-order valence-electron chi connectivity index (χ2n) is 4.57. The molecule has 3 rings (SSSR count). The third-order valence-corrected chi connectivity index (χ3v) is 3.38. The topological polar surface area (TPSA) is 45.5 Å². The van der Waals surface area contributed by atoms with E-state index in [9.17, 15) is 0 Å². The van der Waals surface area contributed by atoms with Crippen LogP contribution in [0.25, 0.3) is 5.65 Å². The van der Waals surface area contributed by atoms with Gasteiger partial charge in [0.2, 0.25) is 0 Å². The summed E-state index contributed by atoms with van der Waals surface area (Å²) in [6.07, 6.45) is 3.26. The Labute approximate surface area is 100 Å². The van der Waals surface area contributed by atoms with Gasteiger partial charge >= 0.3 is 0 Å². The second-order valence-corrected chi connectivity index (χ2v) is 4.57. The van der Waals surface area contributed by atoms with Crippen LogP contribution in [-0.2, 0) is 0 Å². The Kier molecular flexibility index (Phi) is 2.48. The van der Waals surface area contributed by atoms with Crippen LogP contribution in [0.4, 0.5) is 5.69 Å². The number of aryl methyl sites for hydroxylation is 1. The van der Waals surface area contributed by atoms with Gasteiger partial charge in [-0.2, -0.15) is 5.10 Å². The van der Waals surface area contributed by atoms with Crippen LogP contribution in [0.15, 0.2) is 18.3 Å². The summed E-state index contributed by atoms with van der Waals surface area (Å²) in [5.41, 5.74) is 2.13. The van der Waals surface area contributed by atoms with Gasteiger partial charge in [-0.1, -0.05) is 0 Å². The molecule has 1 atom stereocenters. The van der Waals surface area contributed by atoms with Gasteiger partial charge in [0.1, 0.15) is 5.82 Å². The minimum atomic E-state index is 0.600. The van der Waals surface area contributed by atoms with Crippen LogP contribution in [0, 0.1) is 6.92 Å². The summed E-state index contributed by atoms with van der Waals surface area (Å²) < 4.78 is 1.86. The summed E-state index contributed by atoms with van der Waals surface area (Å²) in [6.45, 7) is 4.08. The standard InChI is InChI=1S/C12H17N5/c1-9-14-12-4-3-11(8-17(12)15-9)16-6-5-10(7-16)13-2/h3-4,8,10,13H,5-7H2,1-2H3. The highest BCUT2D eigenvalue weighted by Gasteiger charge is 2.21. The Morgan fingerprint density at radius 2 is 2.29 bits per heavy atom. The third-order valence-electron chi connectivity index (χ3n) is 3.38. The molecule has 5 nitrogen and oxygen atoms in total. The SMILES string of the molecule is CNC1CCN(c2ccc3nc(C)nn3c2)C1. The fraction of sp³-hybridized carbons (Fsp3) is 0.500. The molecule has 0 aromatic carbocycles. The molecule has 2 aromatic rings. The number of nitrogens with one attached hydrogen (secondary N) is 1. The molecule has 1 aliphatic rings. The zero-order valence-electron chi connectivity index (χ0n) is 10.2. The molecule has 0 amide bonds. The molecule has 5 heteroatoms. The first-order valence-corrected chi connectivity index (χ1v) is 6.01. The number of fused-ring (bicyclic) bond motifs is 1. The van der Waals surface area contributed by atoms with E-state index in [4.69, 9.17) is 0 Å². The van der Waals surface area contributed by atoms with E-state index in [-0.39, 0.29) is 0 Å². The summed E-state index contributed by atoms with van der Waals surface area (Å²) in [6, 6.07) is 4.76. The highest BCUT2D eigenvalue weighted by Crippen LogP contribution is 2.20. The molecule has 3 heterocycles. The van der Waals surface area contributed by atoms with E-state index in [1.807, 2.05) is 24.6 Å². The quantitative estimate of drug-likeness (QED) is 0.832. The molecule has 1 N–H and O–H groups in total. The van der Waals surface area contributed by atoms with E-state index in [1.54, 1.807) is 0 Å². The fourth-order valence-electron chi connectivity index (χ4n) is 2.40. The van der Waals surface area contributed by atoms with Gasteiger partial charge in [0.15, 0.2) is 5.65 Å². The van der Waals surface area contributed by atoms with Gasteiger partial charge in [0.25, 0.3) is 0 Å². The number of hydrogen-bond acceptors (Lipinski definition) is 4. The monoisotopic (exact) mass is 231 g/mol. The van der Waals surface area contributed by atoms with Crippen LogP contribution in [0.1, 0.15) is 12.2 Å². The van der Waals surface area contributed by atoms with Crippen LogP contribution in [0.5, 0.6) is 0 Å². The molecule has 0 bridgehead atoms. The molecule has 1 fully saturated rings. The van der Waals surface area contributed by atoms with E-state index in [0.29, 0.717) is 6.04 Å². The molecule has 0 spiro atoms. The maximum absolute atomic E-state index is 4.35. The Bertz CT molecular complexity index is 533. The van der Waals surface area contributed by atoms with Crippen LogP contribution >= 0.6 is 0 Å². The Morgan fingerprint density at radius 3 is 3.06 bits per heavy atom. The first kappa shape index (κ1) is 10.5. The highest BCUT2D eigenvalue weighted by atomic mass is 15.3. The maximum atomic E-state index is 4.35. The minimum Gasteiger partial charge on any atom is -0.369 e. The Balaban J connectivity index is 1.90. The lowest BCUT2D eigenvalue weighted by molar-refractivity contribution is 0.617. The number of anilines is 1. The number of hydrogen-bond donors (Lipinski definition) is 1. The Morgan fingerprint density at radius 1 is 1.41 bits per heavy atom. The summed E-state index contributed by atoms with van der Waals surface area (Å²) in [4.78, 5) is 6.72. The van der Waals surface area contributed by atoms with Gasteiger partial charge in [-0.05, 0) is 32.5 Å². The van der Waals surface area contributed by atoms with Crippen LogP contribution in [-0.4, -0.2) is 40.8 Å². The molecule has 0 radical (unpaired) electrons. The zero-order valence-corrected chi connectivity index (χ0v) is 10.2. The van der Waals surface area contributed by atoms with E-state index in [1.165, 1.54) is 12.1 Å². The van der Waals surface area contributed by atoms with Gasteiger partial charge in [0.05, 0.1) is 11.9 Å². The van der Waals surface area contributed by atoms with Crippen molar-refractivity contribution in [3.05, 3.63) is 24.2 Å². The van der Waals surface area contributed by atoms with Crippen molar-refractivity contribution in [1.82, 2.24) is 19.9 Å². The van der Waals surface area contributed by atoms with Crippen molar-refractivity contribution in [2.24, 2.45) is 0 Å². The molecule has 90 valence electrons. The first-order chi connectivity index (χ1) is 8.26. The molecule has 2 aromatic heterocycles. The van der Waals surface area contributed by atoms with Crippen molar-refractivity contribution < 1.29 is 0 Å². The van der Waals surface area contributed by atoms with E-state index in [2.05, 4.69) is 32.6 Å². The normalized spacial score (nSPS) is 20.4. The summed E-state index contributed by atoms with van der Waals surface area (Å²) in [7, 11) is 2.03. The lowest BCUT2D eigenvalue weighted by Gasteiger charge is -2.18. The van der Waals surface area contributed by atoms with Crippen molar-refractivity contribution in [2.75, 3.05) is 25.0 Å². The molecule has 1 aliphatic heterocycles. The molecule has 17 heavy (non-hydrogen) atoms. The molecular weight excluding hydrogens is 214 g/mol. The number of nitrogens with zero attached hydrogens (tertiary/aromatic N) is 4.